The molecule has 0 fully saturated rings. The summed E-state index contributed by atoms with van der Waals surface area (Å²) in [5, 5.41) is 8.55. The van der Waals surface area contributed by atoms with Gasteiger partial charge in [0.2, 0.25) is 0 Å². The lowest BCUT2D eigenvalue weighted by Crippen LogP contribution is -1.99. The zero-order valence-electron chi connectivity index (χ0n) is 6.77. The van der Waals surface area contributed by atoms with E-state index in [4.69, 9.17) is 9.84 Å². The predicted molar refractivity (Wildman–Crippen MR) is 45.0 cm³/mol. The molecule has 0 aliphatic rings. The summed E-state index contributed by atoms with van der Waals surface area (Å²) in [6.07, 6.45) is 0.630. The van der Waals surface area contributed by atoms with Crippen molar-refractivity contribution in [2.24, 2.45) is 0 Å². The van der Waals surface area contributed by atoms with E-state index < -0.39 is 5.97 Å². The van der Waals surface area contributed by atoms with Gasteiger partial charge in [0.1, 0.15) is 12.4 Å². The van der Waals surface area contributed by atoms with Crippen LogP contribution < -0.4 is 4.74 Å². The van der Waals surface area contributed by atoms with Gasteiger partial charge in [0.15, 0.2) is 6.29 Å². The summed E-state index contributed by atoms with van der Waals surface area (Å²) in [7, 11) is 0. The fourth-order valence-corrected chi connectivity index (χ4v) is 0.824. The molecule has 0 aliphatic carbocycles. The van der Waals surface area contributed by atoms with Gasteiger partial charge in [-0.25, -0.2) is 4.79 Å². The Bertz CT molecular complexity index is 302. The molecule has 0 heterocycles. The summed E-state index contributed by atoms with van der Waals surface area (Å²) in [6.45, 7) is -0.0214. The van der Waals surface area contributed by atoms with Crippen molar-refractivity contribution >= 4 is 12.3 Å². The molecule has 0 amide bonds. The fraction of sp³-hybridized carbons (Fsp3) is 0.111. The molecule has 1 aromatic rings. The first-order valence-corrected chi connectivity index (χ1v) is 3.64. The highest BCUT2D eigenvalue weighted by molar-refractivity contribution is 5.87. The van der Waals surface area contributed by atoms with E-state index in [1.807, 2.05) is 0 Å². The maximum Gasteiger partial charge on any atom is 0.335 e. The van der Waals surface area contributed by atoms with Gasteiger partial charge < -0.3 is 9.84 Å². The van der Waals surface area contributed by atoms with Crippen LogP contribution in [0.5, 0.6) is 5.75 Å². The Balaban J connectivity index is 2.69. The van der Waals surface area contributed by atoms with Gasteiger partial charge >= 0.3 is 5.97 Å². The molecule has 0 aliphatic heterocycles. The summed E-state index contributed by atoms with van der Waals surface area (Å²) in [5.74, 6) is -0.501. The van der Waals surface area contributed by atoms with Crippen molar-refractivity contribution in [2.75, 3.05) is 6.61 Å². The SMILES string of the molecule is O=CCOc1ccc(C(=O)O)cc1. The summed E-state index contributed by atoms with van der Waals surface area (Å²) >= 11 is 0. The molecule has 0 saturated carbocycles. The maximum absolute atomic E-state index is 10.4. The molecular weight excluding hydrogens is 172 g/mol. The predicted octanol–water partition coefficient (Wildman–Crippen LogP) is 0.962. The Morgan fingerprint density at radius 1 is 1.38 bits per heavy atom. The van der Waals surface area contributed by atoms with Crippen LogP contribution in [-0.4, -0.2) is 24.0 Å². The van der Waals surface area contributed by atoms with Crippen molar-refractivity contribution in [3.05, 3.63) is 29.8 Å². The minimum Gasteiger partial charge on any atom is -0.486 e. The number of carbonyl (C=O) groups excluding carboxylic acids is 1. The van der Waals surface area contributed by atoms with Gasteiger partial charge in [0, 0.05) is 0 Å². The monoisotopic (exact) mass is 180 g/mol. The molecule has 1 rings (SSSR count). The second-order valence-corrected chi connectivity index (χ2v) is 2.31. The largest absolute Gasteiger partial charge is 0.486 e. The molecule has 4 nitrogen and oxygen atoms in total. The number of hydrogen-bond acceptors (Lipinski definition) is 3. The standard InChI is InChI=1S/C9H8O4/c10-5-6-13-8-3-1-7(2-4-8)9(11)12/h1-5H,6H2,(H,11,12). The zero-order valence-corrected chi connectivity index (χ0v) is 6.77. The molecule has 1 N–H and O–H groups in total. The van der Waals surface area contributed by atoms with E-state index in [0.29, 0.717) is 12.0 Å². The fourth-order valence-electron chi connectivity index (χ4n) is 0.824. The lowest BCUT2D eigenvalue weighted by atomic mass is 10.2. The molecule has 13 heavy (non-hydrogen) atoms. The molecule has 0 spiro atoms. The molecule has 0 atom stereocenters. The van der Waals surface area contributed by atoms with Crippen molar-refractivity contribution < 1.29 is 19.4 Å². The van der Waals surface area contributed by atoms with Gasteiger partial charge in [0.25, 0.3) is 0 Å². The second kappa shape index (κ2) is 4.25. The number of aldehydes is 1. The number of carboxylic acid groups (broad SMARTS) is 1. The average Bonchev–Trinajstić information content (AvgIpc) is 2.15. The van der Waals surface area contributed by atoms with Gasteiger partial charge in [-0.2, -0.15) is 0 Å². The Morgan fingerprint density at radius 2 is 2.00 bits per heavy atom. The number of carbonyl (C=O) groups is 2. The summed E-state index contributed by atoms with van der Waals surface area (Å²) < 4.78 is 4.93. The first-order chi connectivity index (χ1) is 6.24. The molecule has 0 bridgehead atoms. The van der Waals surface area contributed by atoms with Crippen LogP contribution in [0.2, 0.25) is 0 Å². The highest BCUT2D eigenvalue weighted by Crippen LogP contribution is 2.11. The smallest absolute Gasteiger partial charge is 0.335 e. The number of carboxylic acids is 1. The number of rotatable bonds is 4. The Kier molecular flexibility index (Phi) is 3.03. The lowest BCUT2D eigenvalue weighted by molar-refractivity contribution is -0.109. The second-order valence-electron chi connectivity index (χ2n) is 2.31. The van der Waals surface area contributed by atoms with Crippen LogP contribution in [-0.2, 0) is 4.79 Å². The normalized spacial score (nSPS) is 9.23. The minimum atomic E-state index is -0.984. The van der Waals surface area contributed by atoms with E-state index in [-0.39, 0.29) is 12.2 Å². The van der Waals surface area contributed by atoms with Crippen molar-refractivity contribution in [2.45, 2.75) is 0 Å². The van der Waals surface area contributed by atoms with Crippen molar-refractivity contribution in [3.63, 3.8) is 0 Å². The zero-order chi connectivity index (χ0) is 9.68. The summed E-state index contributed by atoms with van der Waals surface area (Å²) in [5.41, 5.74) is 0.193. The van der Waals surface area contributed by atoms with Crippen LogP contribution in [0.25, 0.3) is 0 Å². The van der Waals surface area contributed by atoms with Gasteiger partial charge in [-0.05, 0) is 24.3 Å². The maximum atomic E-state index is 10.4. The molecule has 0 radical (unpaired) electrons. The molecular formula is C9H8O4. The molecule has 68 valence electrons. The van der Waals surface area contributed by atoms with Crippen molar-refractivity contribution in [3.8, 4) is 5.75 Å². The van der Waals surface area contributed by atoms with E-state index in [1.165, 1.54) is 24.3 Å². The summed E-state index contributed by atoms with van der Waals surface area (Å²) in [6, 6.07) is 5.85. The van der Waals surface area contributed by atoms with Crippen LogP contribution in [0.15, 0.2) is 24.3 Å². The topological polar surface area (TPSA) is 63.6 Å². The molecule has 0 saturated heterocycles. The van der Waals surface area contributed by atoms with Crippen LogP contribution in [0.3, 0.4) is 0 Å². The Hall–Kier alpha value is -1.84. The van der Waals surface area contributed by atoms with Crippen LogP contribution in [0.4, 0.5) is 0 Å². The van der Waals surface area contributed by atoms with E-state index in [1.54, 1.807) is 0 Å². The van der Waals surface area contributed by atoms with E-state index in [0.717, 1.165) is 0 Å². The highest BCUT2D eigenvalue weighted by atomic mass is 16.5. The Morgan fingerprint density at radius 3 is 2.46 bits per heavy atom. The first-order valence-electron chi connectivity index (χ1n) is 3.64. The van der Waals surface area contributed by atoms with Crippen LogP contribution in [0, 0.1) is 0 Å². The van der Waals surface area contributed by atoms with Crippen molar-refractivity contribution in [1.82, 2.24) is 0 Å². The van der Waals surface area contributed by atoms with Crippen LogP contribution in [0.1, 0.15) is 10.4 Å². The van der Waals surface area contributed by atoms with Gasteiger partial charge in [-0.1, -0.05) is 0 Å². The number of ether oxygens (including phenoxy) is 1. The third kappa shape index (κ3) is 2.59. The molecule has 0 unspecified atom stereocenters. The summed E-state index contributed by atoms with van der Waals surface area (Å²) in [4.78, 5) is 20.4. The molecule has 0 aromatic heterocycles. The van der Waals surface area contributed by atoms with Gasteiger partial charge in [0.05, 0.1) is 5.56 Å². The minimum absolute atomic E-state index is 0.0214. The lowest BCUT2D eigenvalue weighted by Gasteiger charge is -2.01. The average molecular weight is 180 g/mol. The first kappa shape index (κ1) is 9.25. The number of benzene rings is 1. The van der Waals surface area contributed by atoms with E-state index in [9.17, 15) is 9.59 Å². The van der Waals surface area contributed by atoms with E-state index in [2.05, 4.69) is 0 Å². The third-order valence-electron chi connectivity index (χ3n) is 1.42. The molecule has 1 aromatic carbocycles. The highest BCUT2D eigenvalue weighted by Gasteiger charge is 2.01. The quantitative estimate of drug-likeness (QED) is 0.701. The van der Waals surface area contributed by atoms with Crippen molar-refractivity contribution in [1.29, 1.82) is 0 Å². The number of aromatic carboxylic acids is 1. The number of hydrogen-bond donors (Lipinski definition) is 1. The Labute approximate surface area is 74.8 Å². The molecule has 4 heteroatoms. The van der Waals surface area contributed by atoms with E-state index >= 15 is 0 Å². The van der Waals surface area contributed by atoms with Crippen LogP contribution >= 0.6 is 0 Å². The van der Waals surface area contributed by atoms with Gasteiger partial charge in [-0.3, -0.25) is 4.79 Å². The third-order valence-corrected chi connectivity index (χ3v) is 1.42. The van der Waals surface area contributed by atoms with Gasteiger partial charge in [-0.15, -0.1) is 0 Å².